The van der Waals surface area contributed by atoms with Crippen molar-refractivity contribution in [2.75, 3.05) is 7.05 Å². The Morgan fingerprint density at radius 1 is 1.21 bits per heavy atom. The highest BCUT2D eigenvalue weighted by Gasteiger charge is 2.17. The van der Waals surface area contributed by atoms with Crippen LogP contribution in [0.2, 0.25) is 0 Å². The molecular formula is C20H20N4O4. The maximum atomic E-state index is 12.6. The normalized spacial score (nSPS) is 10.8. The third-order valence-corrected chi connectivity index (χ3v) is 4.64. The predicted octanol–water partition coefficient (Wildman–Crippen LogP) is 2.66. The summed E-state index contributed by atoms with van der Waals surface area (Å²) in [7, 11) is 1.59. The molecule has 0 unspecified atom stereocenters. The molecule has 0 atom stereocenters. The molecule has 2 aromatic carbocycles. The lowest BCUT2D eigenvalue weighted by molar-refractivity contribution is -0.385. The summed E-state index contributed by atoms with van der Waals surface area (Å²) >= 11 is 0. The van der Waals surface area contributed by atoms with Gasteiger partial charge in [-0.25, -0.2) is 4.98 Å². The van der Waals surface area contributed by atoms with Crippen molar-refractivity contribution in [3.8, 4) is 0 Å². The molecule has 144 valence electrons. The summed E-state index contributed by atoms with van der Waals surface area (Å²) in [6, 6.07) is 11.7. The highest BCUT2D eigenvalue weighted by molar-refractivity contribution is 5.80. The summed E-state index contributed by atoms with van der Waals surface area (Å²) in [6.45, 7) is 2.20. The summed E-state index contributed by atoms with van der Waals surface area (Å²) in [5.41, 5.74) is 1.82. The average Bonchev–Trinajstić information content (AvgIpc) is 2.68. The third kappa shape index (κ3) is 3.90. The lowest BCUT2D eigenvalue weighted by Gasteiger charge is -2.17. The third-order valence-electron chi connectivity index (χ3n) is 4.64. The van der Waals surface area contributed by atoms with Gasteiger partial charge in [-0.1, -0.05) is 30.3 Å². The first kappa shape index (κ1) is 19.2. The monoisotopic (exact) mass is 380 g/mol. The first-order valence-corrected chi connectivity index (χ1v) is 8.79. The number of nitro benzene ring substituents is 1. The van der Waals surface area contributed by atoms with Gasteiger partial charge in [-0.3, -0.25) is 24.3 Å². The standard InChI is InChI=1S/C20H20N4O4/c1-14-6-5-8-16-19(14)21-13-23(20(16)26)11-10-18(25)22(2)12-15-7-3-4-9-17(15)24(27)28/h3-9,13H,10-12H2,1-2H3. The fourth-order valence-electron chi connectivity index (χ4n) is 3.07. The molecule has 0 aliphatic carbocycles. The second-order valence-corrected chi connectivity index (χ2v) is 6.60. The predicted molar refractivity (Wildman–Crippen MR) is 105 cm³/mol. The lowest BCUT2D eigenvalue weighted by Crippen LogP contribution is -2.29. The number of fused-ring (bicyclic) bond motifs is 1. The SMILES string of the molecule is Cc1cccc2c(=O)n(CCC(=O)N(C)Cc3ccccc3[N+](=O)[O-])cnc12. The molecule has 8 heteroatoms. The van der Waals surface area contributed by atoms with Crippen molar-refractivity contribution in [1.29, 1.82) is 0 Å². The molecule has 0 bridgehead atoms. The summed E-state index contributed by atoms with van der Waals surface area (Å²) in [6.07, 6.45) is 1.54. The smallest absolute Gasteiger partial charge is 0.274 e. The van der Waals surface area contributed by atoms with E-state index in [9.17, 15) is 19.7 Å². The number of para-hydroxylation sites is 2. The van der Waals surface area contributed by atoms with Crippen LogP contribution in [0.15, 0.2) is 53.6 Å². The van der Waals surface area contributed by atoms with Crippen LogP contribution in [0.1, 0.15) is 17.5 Å². The number of carbonyl (C=O) groups excluding carboxylic acids is 1. The van der Waals surface area contributed by atoms with Gasteiger partial charge in [-0.15, -0.1) is 0 Å². The van der Waals surface area contributed by atoms with Gasteiger partial charge >= 0.3 is 0 Å². The first-order valence-electron chi connectivity index (χ1n) is 8.79. The van der Waals surface area contributed by atoms with E-state index in [2.05, 4.69) is 4.98 Å². The van der Waals surface area contributed by atoms with E-state index in [0.717, 1.165) is 5.56 Å². The van der Waals surface area contributed by atoms with Crippen LogP contribution in [0.25, 0.3) is 10.9 Å². The molecule has 0 aliphatic rings. The van der Waals surface area contributed by atoms with Gasteiger partial charge in [0.1, 0.15) is 0 Å². The van der Waals surface area contributed by atoms with Crippen molar-refractivity contribution in [1.82, 2.24) is 14.5 Å². The molecule has 1 amide bonds. The minimum absolute atomic E-state index is 0.0209. The van der Waals surface area contributed by atoms with Crippen LogP contribution >= 0.6 is 0 Å². The number of nitro groups is 1. The van der Waals surface area contributed by atoms with Gasteiger partial charge in [-0.2, -0.15) is 0 Å². The maximum Gasteiger partial charge on any atom is 0.274 e. The van der Waals surface area contributed by atoms with Gasteiger partial charge < -0.3 is 4.90 Å². The van der Waals surface area contributed by atoms with E-state index >= 15 is 0 Å². The number of carbonyl (C=O) groups is 1. The van der Waals surface area contributed by atoms with E-state index in [1.54, 1.807) is 37.4 Å². The van der Waals surface area contributed by atoms with Gasteiger partial charge in [0.25, 0.3) is 11.2 Å². The molecule has 0 aliphatic heterocycles. The molecular weight excluding hydrogens is 360 g/mol. The molecule has 3 aromatic rings. The molecule has 0 spiro atoms. The fraction of sp³-hybridized carbons (Fsp3) is 0.250. The molecule has 8 nitrogen and oxygen atoms in total. The second-order valence-electron chi connectivity index (χ2n) is 6.60. The topological polar surface area (TPSA) is 98.3 Å². The maximum absolute atomic E-state index is 12.6. The Labute approximate surface area is 161 Å². The molecule has 0 fully saturated rings. The van der Waals surface area contributed by atoms with E-state index < -0.39 is 4.92 Å². The average molecular weight is 380 g/mol. The van der Waals surface area contributed by atoms with Crippen molar-refractivity contribution in [2.45, 2.75) is 26.4 Å². The first-order chi connectivity index (χ1) is 13.4. The van der Waals surface area contributed by atoms with E-state index in [1.807, 2.05) is 13.0 Å². The van der Waals surface area contributed by atoms with E-state index in [-0.39, 0.29) is 36.7 Å². The van der Waals surface area contributed by atoms with E-state index in [1.165, 1.54) is 21.9 Å². The van der Waals surface area contributed by atoms with Gasteiger partial charge in [0, 0.05) is 31.6 Å². The molecule has 0 saturated carbocycles. The summed E-state index contributed by atoms with van der Waals surface area (Å²) < 4.78 is 1.42. The Morgan fingerprint density at radius 3 is 2.71 bits per heavy atom. The number of nitrogens with zero attached hydrogens (tertiary/aromatic N) is 4. The molecule has 0 saturated heterocycles. The van der Waals surface area contributed by atoms with Gasteiger partial charge in [0.15, 0.2) is 0 Å². The van der Waals surface area contributed by atoms with Crippen molar-refractivity contribution >= 4 is 22.5 Å². The minimum atomic E-state index is -0.462. The van der Waals surface area contributed by atoms with Crippen molar-refractivity contribution in [3.63, 3.8) is 0 Å². The number of hydrogen-bond donors (Lipinski definition) is 0. The van der Waals surface area contributed by atoms with Crippen LogP contribution in [0.4, 0.5) is 5.69 Å². The second kappa shape index (κ2) is 7.99. The van der Waals surface area contributed by atoms with Crippen LogP contribution in [0.5, 0.6) is 0 Å². The summed E-state index contributed by atoms with van der Waals surface area (Å²) in [4.78, 5) is 41.4. The van der Waals surface area contributed by atoms with Crippen molar-refractivity contribution in [2.24, 2.45) is 0 Å². The number of aryl methyl sites for hydroxylation is 2. The number of aromatic nitrogens is 2. The van der Waals surface area contributed by atoms with Crippen LogP contribution < -0.4 is 5.56 Å². The van der Waals surface area contributed by atoms with Gasteiger partial charge in [0.05, 0.1) is 28.7 Å². The molecule has 1 heterocycles. The quantitative estimate of drug-likeness (QED) is 0.484. The van der Waals surface area contributed by atoms with Crippen LogP contribution in [0, 0.1) is 17.0 Å². The Bertz CT molecular complexity index is 1110. The number of rotatable bonds is 6. The number of benzene rings is 2. The highest BCUT2D eigenvalue weighted by atomic mass is 16.6. The van der Waals surface area contributed by atoms with Gasteiger partial charge in [0.2, 0.25) is 5.91 Å². The van der Waals surface area contributed by atoms with Crippen molar-refractivity contribution < 1.29 is 9.72 Å². The molecule has 1 aromatic heterocycles. The van der Waals surface area contributed by atoms with Crippen LogP contribution in [-0.2, 0) is 17.9 Å². The molecule has 3 rings (SSSR count). The van der Waals surface area contributed by atoms with Gasteiger partial charge in [-0.05, 0) is 18.6 Å². The number of amides is 1. The van der Waals surface area contributed by atoms with Crippen LogP contribution in [0.3, 0.4) is 0 Å². The fourth-order valence-corrected chi connectivity index (χ4v) is 3.07. The Morgan fingerprint density at radius 2 is 1.96 bits per heavy atom. The highest BCUT2D eigenvalue weighted by Crippen LogP contribution is 2.19. The summed E-state index contributed by atoms with van der Waals surface area (Å²) in [5, 5.41) is 11.6. The molecule has 28 heavy (non-hydrogen) atoms. The molecule has 0 N–H and O–H groups in total. The van der Waals surface area contributed by atoms with E-state index in [4.69, 9.17) is 0 Å². The zero-order valence-corrected chi connectivity index (χ0v) is 15.7. The largest absolute Gasteiger partial charge is 0.341 e. The Hall–Kier alpha value is -3.55. The minimum Gasteiger partial charge on any atom is -0.341 e. The zero-order chi connectivity index (χ0) is 20.3. The van der Waals surface area contributed by atoms with Crippen LogP contribution in [-0.4, -0.2) is 32.3 Å². The Balaban J connectivity index is 1.71. The van der Waals surface area contributed by atoms with Crippen molar-refractivity contribution in [3.05, 3.63) is 80.4 Å². The molecule has 0 radical (unpaired) electrons. The Kier molecular flexibility index (Phi) is 5.49. The lowest BCUT2D eigenvalue weighted by atomic mass is 10.1. The zero-order valence-electron chi connectivity index (χ0n) is 15.7. The van der Waals surface area contributed by atoms with E-state index in [0.29, 0.717) is 16.5 Å². The number of hydrogen-bond acceptors (Lipinski definition) is 5. The summed E-state index contributed by atoms with van der Waals surface area (Å²) in [5.74, 6) is -0.214.